The van der Waals surface area contributed by atoms with E-state index < -0.39 is 18.3 Å². The number of carboxylic acids is 1. The van der Waals surface area contributed by atoms with Gasteiger partial charge in [-0.25, -0.2) is 0 Å². The number of carboxylic acid groups (broad SMARTS) is 1. The molecule has 2 aromatic rings. The zero-order valence-corrected chi connectivity index (χ0v) is 12.6. The van der Waals surface area contributed by atoms with Crippen LogP contribution in [0.1, 0.15) is 12.0 Å². The minimum atomic E-state index is -1.18. The number of anilines is 1. The van der Waals surface area contributed by atoms with Crippen molar-refractivity contribution in [2.75, 3.05) is 12.4 Å². The van der Waals surface area contributed by atoms with Crippen molar-refractivity contribution in [3.8, 4) is 11.5 Å². The van der Waals surface area contributed by atoms with Gasteiger partial charge < -0.3 is 19.9 Å². The van der Waals surface area contributed by atoms with Gasteiger partial charge >= 0.3 is 5.97 Å². The van der Waals surface area contributed by atoms with E-state index in [1.165, 1.54) is 7.11 Å². The molecule has 0 radical (unpaired) electrons. The fourth-order valence-corrected chi connectivity index (χ4v) is 1.95. The molecule has 23 heavy (non-hydrogen) atoms. The van der Waals surface area contributed by atoms with Crippen LogP contribution in [0.25, 0.3) is 0 Å². The van der Waals surface area contributed by atoms with Crippen LogP contribution in [0.4, 0.5) is 5.69 Å². The molecule has 1 amide bonds. The van der Waals surface area contributed by atoms with E-state index in [-0.39, 0.29) is 0 Å². The maximum Gasteiger partial charge on any atom is 0.312 e. The molecule has 0 atom stereocenters. The summed E-state index contributed by atoms with van der Waals surface area (Å²) in [4.78, 5) is 22.0. The monoisotopic (exact) mass is 315 g/mol. The number of carbonyl (C=O) groups is 2. The first-order valence-corrected chi connectivity index (χ1v) is 6.95. The Morgan fingerprint density at radius 3 is 2.48 bits per heavy atom. The lowest BCUT2D eigenvalue weighted by atomic mass is 10.2. The molecule has 0 heterocycles. The van der Waals surface area contributed by atoms with Crippen LogP contribution < -0.4 is 14.8 Å². The summed E-state index contributed by atoms with van der Waals surface area (Å²) in [5.41, 5.74) is 1.44. The number of rotatable bonds is 7. The Kier molecular flexibility index (Phi) is 5.57. The third kappa shape index (κ3) is 5.03. The van der Waals surface area contributed by atoms with Crippen molar-refractivity contribution in [1.82, 2.24) is 0 Å². The van der Waals surface area contributed by atoms with Crippen LogP contribution in [0, 0.1) is 0 Å². The summed E-state index contributed by atoms with van der Waals surface area (Å²) in [5.74, 6) is -0.796. The molecule has 0 aromatic heterocycles. The van der Waals surface area contributed by atoms with Crippen molar-refractivity contribution in [3.63, 3.8) is 0 Å². The highest BCUT2D eigenvalue weighted by Crippen LogP contribution is 2.31. The van der Waals surface area contributed by atoms with Gasteiger partial charge in [-0.05, 0) is 17.7 Å². The first kappa shape index (κ1) is 16.4. The molecule has 2 aromatic carbocycles. The van der Waals surface area contributed by atoms with Crippen LogP contribution in [0.3, 0.4) is 0 Å². The molecular formula is C17H17NO5. The van der Waals surface area contributed by atoms with Gasteiger partial charge in [0.25, 0.3) is 0 Å². The molecule has 0 aliphatic rings. The lowest BCUT2D eigenvalue weighted by Gasteiger charge is -2.13. The van der Waals surface area contributed by atoms with E-state index in [4.69, 9.17) is 14.6 Å². The lowest BCUT2D eigenvalue weighted by Crippen LogP contribution is -2.15. The zero-order valence-electron chi connectivity index (χ0n) is 12.6. The third-order valence-corrected chi connectivity index (χ3v) is 3.00. The second-order valence-electron chi connectivity index (χ2n) is 4.76. The fraction of sp³-hybridized carbons (Fsp3) is 0.176. The Hall–Kier alpha value is -3.02. The highest BCUT2D eigenvalue weighted by atomic mass is 16.5. The number of methoxy groups -OCH3 is 1. The van der Waals surface area contributed by atoms with E-state index in [1.54, 1.807) is 18.2 Å². The van der Waals surface area contributed by atoms with Gasteiger partial charge in [0.05, 0.1) is 7.11 Å². The molecule has 0 aliphatic carbocycles. The van der Waals surface area contributed by atoms with Gasteiger partial charge in [0.2, 0.25) is 5.91 Å². The van der Waals surface area contributed by atoms with Gasteiger partial charge in [0, 0.05) is 11.8 Å². The Labute approximate surface area is 133 Å². The summed E-state index contributed by atoms with van der Waals surface area (Å²) in [5, 5.41) is 11.1. The van der Waals surface area contributed by atoms with Gasteiger partial charge in [-0.3, -0.25) is 9.59 Å². The summed E-state index contributed by atoms with van der Waals surface area (Å²) < 4.78 is 11.0. The summed E-state index contributed by atoms with van der Waals surface area (Å²) in [6.45, 7) is 0.351. The predicted molar refractivity (Wildman–Crippen MR) is 84.7 cm³/mol. The fourth-order valence-electron chi connectivity index (χ4n) is 1.95. The van der Waals surface area contributed by atoms with E-state index in [0.717, 1.165) is 5.56 Å². The average molecular weight is 315 g/mol. The molecule has 0 saturated heterocycles. The van der Waals surface area contributed by atoms with Gasteiger partial charge in [0.15, 0.2) is 11.5 Å². The van der Waals surface area contributed by atoms with E-state index in [0.29, 0.717) is 23.8 Å². The van der Waals surface area contributed by atoms with Gasteiger partial charge in [-0.15, -0.1) is 0 Å². The van der Waals surface area contributed by atoms with Crippen LogP contribution >= 0.6 is 0 Å². The second-order valence-corrected chi connectivity index (χ2v) is 4.76. The second kappa shape index (κ2) is 7.84. The Morgan fingerprint density at radius 2 is 1.83 bits per heavy atom. The molecular weight excluding hydrogens is 298 g/mol. The van der Waals surface area contributed by atoms with Crippen molar-refractivity contribution in [1.29, 1.82) is 0 Å². The topological polar surface area (TPSA) is 84.9 Å². The normalized spacial score (nSPS) is 9.96. The van der Waals surface area contributed by atoms with E-state index in [2.05, 4.69) is 5.32 Å². The third-order valence-electron chi connectivity index (χ3n) is 3.00. The van der Waals surface area contributed by atoms with Crippen molar-refractivity contribution in [3.05, 3.63) is 54.1 Å². The quantitative estimate of drug-likeness (QED) is 0.767. The molecule has 6 heteroatoms. The summed E-state index contributed by atoms with van der Waals surface area (Å²) >= 11 is 0. The predicted octanol–water partition coefficient (Wildman–Crippen LogP) is 2.69. The number of carbonyl (C=O) groups excluding carboxylic acids is 1. The van der Waals surface area contributed by atoms with Crippen LogP contribution in [0.15, 0.2) is 48.5 Å². The van der Waals surface area contributed by atoms with Crippen LogP contribution in [0.5, 0.6) is 11.5 Å². The Balaban J connectivity index is 2.09. The number of hydrogen-bond acceptors (Lipinski definition) is 4. The summed E-state index contributed by atoms with van der Waals surface area (Å²) in [6, 6.07) is 14.5. The standard InChI is InChI=1S/C17H17NO5/c1-22-14-8-7-13(18-16(19)10-17(20)21)9-15(14)23-11-12-5-3-2-4-6-12/h2-9H,10-11H2,1H3,(H,18,19)(H,20,21). The Morgan fingerprint density at radius 1 is 1.09 bits per heavy atom. The minimum Gasteiger partial charge on any atom is -0.493 e. The maximum absolute atomic E-state index is 11.5. The van der Waals surface area contributed by atoms with Crippen molar-refractivity contribution in [2.45, 2.75) is 13.0 Å². The van der Waals surface area contributed by atoms with Crippen LogP contribution in [-0.2, 0) is 16.2 Å². The van der Waals surface area contributed by atoms with Crippen molar-refractivity contribution >= 4 is 17.6 Å². The smallest absolute Gasteiger partial charge is 0.312 e. The maximum atomic E-state index is 11.5. The molecule has 2 N–H and O–H groups in total. The van der Waals surface area contributed by atoms with Gasteiger partial charge in [0.1, 0.15) is 13.0 Å². The molecule has 0 spiro atoms. The van der Waals surface area contributed by atoms with Crippen LogP contribution in [-0.4, -0.2) is 24.1 Å². The van der Waals surface area contributed by atoms with Crippen molar-refractivity contribution in [2.24, 2.45) is 0 Å². The average Bonchev–Trinajstić information content (AvgIpc) is 2.53. The largest absolute Gasteiger partial charge is 0.493 e. The highest BCUT2D eigenvalue weighted by Gasteiger charge is 2.11. The number of ether oxygens (including phenoxy) is 2. The number of nitrogens with one attached hydrogen (secondary N) is 1. The van der Waals surface area contributed by atoms with Gasteiger partial charge in [-0.2, -0.15) is 0 Å². The minimum absolute atomic E-state index is 0.351. The summed E-state index contributed by atoms with van der Waals surface area (Å²) in [7, 11) is 1.52. The van der Waals surface area contributed by atoms with Crippen LogP contribution in [0.2, 0.25) is 0 Å². The lowest BCUT2D eigenvalue weighted by molar-refractivity contribution is -0.139. The first-order valence-electron chi connectivity index (χ1n) is 6.95. The molecule has 6 nitrogen and oxygen atoms in total. The number of benzene rings is 2. The first-order chi connectivity index (χ1) is 11.1. The molecule has 0 bridgehead atoms. The molecule has 120 valence electrons. The molecule has 0 aliphatic heterocycles. The van der Waals surface area contributed by atoms with E-state index in [9.17, 15) is 9.59 Å². The summed E-state index contributed by atoms with van der Waals surface area (Å²) in [6.07, 6.45) is -0.591. The van der Waals surface area contributed by atoms with Crippen molar-refractivity contribution < 1.29 is 24.2 Å². The molecule has 0 unspecified atom stereocenters. The molecule has 0 fully saturated rings. The number of amides is 1. The molecule has 2 rings (SSSR count). The Bertz CT molecular complexity index is 685. The zero-order chi connectivity index (χ0) is 16.7. The number of hydrogen-bond donors (Lipinski definition) is 2. The van der Waals surface area contributed by atoms with Gasteiger partial charge in [-0.1, -0.05) is 30.3 Å². The number of aliphatic carboxylic acids is 1. The molecule has 0 saturated carbocycles. The highest BCUT2D eigenvalue weighted by molar-refractivity contribution is 6.01. The van der Waals surface area contributed by atoms with E-state index in [1.807, 2.05) is 30.3 Å². The van der Waals surface area contributed by atoms with E-state index >= 15 is 0 Å². The SMILES string of the molecule is COc1ccc(NC(=O)CC(=O)O)cc1OCc1ccccc1.